The molecule has 2 amide bonds. The first kappa shape index (κ1) is 19.7. The summed E-state index contributed by atoms with van der Waals surface area (Å²) in [5, 5.41) is 5.42. The van der Waals surface area contributed by atoms with Crippen LogP contribution < -0.4 is 10.6 Å². The molecule has 2 aromatic carbocycles. The van der Waals surface area contributed by atoms with Crippen LogP contribution >= 0.6 is 0 Å². The van der Waals surface area contributed by atoms with E-state index in [9.17, 15) is 18.0 Å². The molecular weight excluding hydrogens is 352 g/mol. The Morgan fingerprint density at radius 3 is 2.35 bits per heavy atom. The smallest absolute Gasteiger partial charge is 0.256 e. The number of aryl methyl sites for hydroxylation is 1. The van der Waals surface area contributed by atoms with Gasteiger partial charge in [-0.1, -0.05) is 25.1 Å². The molecule has 2 aromatic rings. The molecule has 7 heteroatoms. The van der Waals surface area contributed by atoms with Crippen molar-refractivity contribution in [1.29, 1.82) is 0 Å². The largest absolute Gasteiger partial charge is 0.352 e. The number of carbonyl (C=O) groups is 2. The Kier molecular flexibility index (Phi) is 6.15. The summed E-state index contributed by atoms with van der Waals surface area (Å²) in [6.07, 6.45) is 0. The highest BCUT2D eigenvalue weighted by Gasteiger charge is 2.21. The molecule has 138 valence electrons. The van der Waals surface area contributed by atoms with Crippen LogP contribution in [-0.2, 0) is 9.84 Å². The van der Waals surface area contributed by atoms with Crippen molar-refractivity contribution < 1.29 is 18.0 Å². The molecule has 0 spiro atoms. The van der Waals surface area contributed by atoms with E-state index in [-0.39, 0.29) is 22.1 Å². The topological polar surface area (TPSA) is 92.3 Å². The highest BCUT2D eigenvalue weighted by Crippen LogP contribution is 2.21. The maximum atomic E-state index is 12.7. The Bertz CT molecular complexity index is 936. The van der Waals surface area contributed by atoms with Gasteiger partial charge in [-0.3, -0.25) is 9.59 Å². The van der Waals surface area contributed by atoms with Gasteiger partial charge in [0.25, 0.3) is 11.8 Å². The predicted molar refractivity (Wildman–Crippen MR) is 101 cm³/mol. The fourth-order valence-corrected chi connectivity index (χ4v) is 3.52. The van der Waals surface area contributed by atoms with Crippen molar-refractivity contribution >= 4 is 27.3 Å². The summed E-state index contributed by atoms with van der Waals surface area (Å²) < 4.78 is 24.5. The molecule has 0 radical (unpaired) electrons. The first-order valence-corrected chi connectivity index (χ1v) is 9.97. The fourth-order valence-electron chi connectivity index (χ4n) is 2.43. The quantitative estimate of drug-likeness (QED) is 0.813. The van der Waals surface area contributed by atoms with Gasteiger partial charge >= 0.3 is 0 Å². The summed E-state index contributed by atoms with van der Waals surface area (Å²) in [6.45, 7) is 5.65. The minimum absolute atomic E-state index is 0.00228. The lowest BCUT2D eigenvalue weighted by Crippen LogP contribution is -2.23. The number of nitrogens with one attached hydrogen (secondary N) is 2. The predicted octanol–water partition coefficient (Wildman–Crippen LogP) is 2.79. The number of sulfone groups is 1. The van der Waals surface area contributed by atoms with Crippen LogP contribution in [0.25, 0.3) is 0 Å². The number of amides is 2. The van der Waals surface area contributed by atoms with Crippen LogP contribution in [0.15, 0.2) is 47.4 Å². The van der Waals surface area contributed by atoms with Crippen LogP contribution in [0.4, 0.5) is 5.69 Å². The van der Waals surface area contributed by atoms with Crippen molar-refractivity contribution in [3.05, 3.63) is 59.2 Å². The molecule has 2 N–H and O–H groups in total. The molecule has 2 rings (SSSR count). The number of benzene rings is 2. The zero-order chi connectivity index (χ0) is 19.3. The van der Waals surface area contributed by atoms with Crippen LogP contribution in [0.5, 0.6) is 0 Å². The van der Waals surface area contributed by atoms with Crippen LogP contribution in [0.3, 0.4) is 0 Å². The molecule has 6 nitrogen and oxygen atoms in total. The third kappa shape index (κ3) is 4.29. The molecule has 0 aromatic heterocycles. The van der Waals surface area contributed by atoms with Crippen molar-refractivity contribution in [2.24, 2.45) is 0 Å². The first-order chi connectivity index (χ1) is 12.3. The third-order valence-electron chi connectivity index (χ3n) is 3.93. The van der Waals surface area contributed by atoms with Crippen molar-refractivity contribution in [2.45, 2.75) is 25.7 Å². The summed E-state index contributed by atoms with van der Waals surface area (Å²) in [4.78, 5) is 24.7. The maximum absolute atomic E-state index is 12.7. The Balaban J connectivity index is 2.37. The fraction of sp³-hybridized carbons (Fsp3) is 0.263. The highest BCUT2D eigenvalue weighted by molar-refractivity contribution is 7.91. The first-order valence-electron chi connectivity index (χ1n) is 8.32. The SMILES string of the molecule is CCNC(=O)c1ccc(C)c(NC(=O)c2ccccc2S(=O)(=O)CC)c1. The summed E-state index contributed by atoms with van der Waals surface area (Å²) in [7, 11) is -3.53. The van der Waals surface area contributed by atoms with Crippen LogP contribution in [0.1, 0.15) is 40.1 Å². The van der Waals surface area contributed by atoms with Gasteiger partial charge in [0.1, 0.15) is 0 Å². The van der Waals surface area contributed by atoms with Crippen molar-refractivity contribution in [3.63, 3.8) is 0 Å². The van der Waals surface area contributed by atoms with Crippen molar-refractivity contribution in [2.75, 3.05) is 17.6 Å². The van der Waals surface area contributed by atoms with Crippen molar-refractivity contribution in [1.82, 2.24) is 5.32 Å². The molecule has 0 unspecified atom stereocenters. The van der Waals surface area contributed by atoms with Crippen LogP contribution in [0.2, 0.25) is 0 Å². The number of carbonyl (C=O) groups excluding carboxylic acids is 2. The molecule has 26 heavy (non-hydrogen) atoms. The van der Waals surface area contributed by atoms with Gasteiger partial charge in [0.15, 0.2) is 9.84 Å². The van der Waals surface area contributed by atoms with E-state index in [0.29, 0.717) is 17.8 Å². The number of hydrogen-bond acceptors (Lipinski definition) is 4. The molecule has 0 heterocycles. The highest BCUT2D eigenvalue weighted by atomic mass is 32.2. The standard InChI is InChI=1S/C19H22N2O4S/c1-4-20-18(22)14-11-10-13(3)16(12-14)21-19(23)15-8-6-7-9-17(15)26(24,25)5-2/h6-12H,4-5H2,1-3H3,(H,20,22)(H,21,23). The number of rotatable bonds is 6. The molecule has 0 fully saturated rings. The third-order valence-corrected chi connectivity index (χ3v) is 5.72. The Morgan fingerprint density at radius 1 is 1.00 bits per heavy atom. The monoisotopic (exact) mass is 374 g/mol. The second kappa shape index (κ2) is 8.14. The average Bonchev–Trinajstić information content (AvgIpc) is 2.63. The summed E-state index contributed by atoms with van der Waals surface area (Å²) in [6, 6.07) is 11.1. The number of anilines is 1. The van der Waals surface area contributed by atoms with Gasteiger partial charge < -0.3 is 10.6 Å². The Labute approximate surface area is 153 Å². The van der Waals surface area contributed by atoms with Crippen LogP contribution in [0, 0.1) is 6.92 Å². The van der Waals surface area contributed by atoms with E-state index in [1.807, 2.05) is 6.92 Å². The summed E-state index contributed by atoms with van der Waals surface area (Å²) in [5.41, 5.74) is 1.73. The second-order valence-electron chi connectivity index (χ2n) is 5.74. The normalized spacial score (nSPS) is 11.0. The van der Waals surface area contributed by atoms with Gasteiger partial charge in [-0.15, -0.1) is 0 Å². The maximum Gasteiger partial charge on any atom is 0.256 e. The molecule has 0 aliphatic heterocycles. The van der Waals surface area contributed by atoms with E-state index < -0.39 is 15.7 Å². The minimum atomic E-state index is -3.53. The summed E-state index contributed by atoms with van der Waals surface area (Å²) >= 11 is 0. The van der Waals surface area contributed by atoms with Gasteiger partial charge in [0, 0.05) is 17.8 Å². The lowest BCUT2D eigenvalue weighted by molar-refractivity contribution is 0.0954. The zero-order valence-corrected chi connectivity index (χ0v) is 15.8. The lowest BCUT2D eigenvalue weighted by atomic mass is 10.1. The van der Waals surface area contributed by atoms with E-state index in [1.165, 1.54) is 19.1 Å². The lowest BCUT2D eigenvalue weighted by Gasteiger charge is -2.13. The second-order valence-corrected chi connectivity index (χ2v) is 7.99. The zero-order valence-electron chi connectivity index (χ0n) is 15.0. The number of hydrogen-bond donors (Lipinski definition) is 2. The van der Waals surface area contributed by atoms with Crippen molar-refractivity contribution in [3.8, 4) is 0 Å². The molecule has 0 bridgehead atoms. The Morgan fingerprint density at radius 2 is 1.69 bits per heavy atom. The average molecular weight is 374 g/mol. The van der Waals surface area contributed by atoms with Gasteiger partial charge in [0.2, 0.25) is 0 Å². The molecule has 0 aliphatic carbocycles. The van der Waals surface area contributed by atoms with E-state index in [2.05, 4.69) is 10.6 Å². The molecule has 0 aliphatic rings. The molecule has 0 saturated heterocycles. The van der Waals surface area contributed by atoms with E-state index in [4.69, 9.17) is 0 Å². The molecule has 0 saturated carbocycles. The summed E-state index contributed by atoms with van der Waals surface area (Å²) in [5.74, 6) is -0.867. The van der Waals surface area contributed by atoms with Gasteiger partial charge in [-0.2, -0.15) is 0 Å². The minimum Gasteiger partial charge on any atom is -0.352 e. The van der Waals surface area contributed by atoms with Gasteiger partial charge in [-0.25, -0.2) is 8.42 Å². The van der Waals surface area contributed by atoms with Gasteiger partial charge in [-0.05, 0) is 43.7 Å². The van der Waals surface area contributed by atoms with E-state index >= 15 is 0 Å². The van der Waals surface area contributed by atoms with Crippen LogP contribution in [-0.4, -0.2) is 32.5 Å². The van der Waals surface area contributed by atoms with E-state index in [0.717, 1.165) is 5.56 Å². The van der Waals surface area contributed by atoms with E-state index in [1.54, 1.807) is 37.3 Å². The molecular formula is C19H22N2O4S. The Hall–Kier alpha value is -2.67. The molecule has 0 atom stereocenters. The van der Waals surface area contributed by atoms with Gasteiger partial charge in [0.05, 0.1) is 16.2 Å².